The molecule has 0 bridgehead atoms. The van der Waals surface area contributed by atoms with Crippen molar-refractivity contribution in [3.05, 3.63) is 41.1 Å². The molecule has 134 valence electrons. The van der Waals surface area contributed by atoms with Crippen LogP contribution in [-0.2, 0) is 20.1 Å². The van der Waals surface area contributed by atoms with Crippen molar-refractivity contribution in [1.82, 2.24) is 18.9 Å². The molecule has 0 N–H and O–H groups in total. The van der Waals surface area contributed by atoms with Gasteiger partial charge in [0.15, 0.2) is 0 Å². The average Bonchev–Trinajstić information content (AvgIpc) is 3.05. The summed E-state index contributed by atoms with van der Waals surface area (Å²) in [6, 6.07) is 6.22. The summed E-state index contributed by atoms with van der Waals surface area (Å²) in [5.41, 5.74) is 4.21. The summed E-state index contributed by atoms with van der Waals surface area (Å²) >= 11 is 0. The predicted octanol–water partition coefficient (Wildman–Crippen LogP) is 3.91. The molecule has 3 aromatic rings. The van der Waals surface area contributed by atoms with Gasteiger partial charge in [-0.15, -0.1) is 0 Å². The van der Waals surface area contributed by atoms with Crippen molar-refractivity contribution in [2.24, 2.45) is 18.4 Å². The standard InChI is InChI=1S/C20H28N4O/c1-14(2)11-23-12-16(10-21-23)15-7-8-17-18(9-15)22(6)19(25)24(17)13-20(3,4)5/h7-10,12,14H,11,13H2,1-6H3. The van der Waals surface area contributed by atoms with Gasteiger partial charge in [0.25, 0.3) is 0 Å². The van der Waals surface area contributed by atoms with E-state index in [0.29, 0.717) is 12.5 Å². The molecule has 0 aliphatic rings. The molecule has 5 heteroatoms. The molecule has 0 fully saturated rings. The molecule has 0 aliphatic heterocycles. The van der Waals surface area contributed by atoms with E-state index in [2.05, 4.69) is 64.1 Å². The molecule has 5 nitrogen and oxygen atoms in total. The number of aryl methyl sites for hydroxylation is 1. The van der Waals surface area contributed by atoms with Crippen LogP contribution >= 0.6 is 0 Å². The fraction of sp³-hybridized carbons (Fsp3) is 0.500. The average molecular weight is 340 g/mol. The molecule has 2 heterocycles. The number of fused-ring (bicyclic) bond motifs is 1. The Labute approximate surface area is 148 Å². The van der Waals surface area contributed by atoms with Crippen molar-refractivity contribution in [2.75, 3.05) is 0 Å². The van der Waals surface area contributed by atoms with Crippen LogP contribution in [0.1, 0.15) is 34.6 Å². The number of benzene rings is 1. The van der Waals surface area contributed by atoms with E-state index in [4.69, 9.17) is 0 Å². The van der Waals surface area contributed by atoms with E-state index >= 15 is 0 Å². The normalized spacial score (nSPS) is 12.4. The van der Waals surface area contributed by atoms with Gasteiger partial charge in [-0.2, -0.15) is 5.10 Å². The maximum absolute atomic E-state index is 12.6. The number of rotatable bonds is 4. The topological polar surface area (TPSA) is 44.8 Å². The fourth-order valence-electron chi connectivity index (χ4n) is 3.20. The zero-order valence-electron chi connectivity index (χ0n) is 16.1. The minimum atomic E-state index is 0.0394. The lowest BCUT2D eigenvalue weighted by Crippen LogP contribution is -2.27. The van der Waals surface area contributed by atoms with Crippen molar-refractivity contribution < 1.29 is 0 Å². The summed E-state index contributed by atoms with van der Waals surface area (Å²) in [6.07, 6.45) is 3.97. The number of hydrogen-bond acceptors (Lipinski definition) is 2. The number of nitrogens with zero attached hydrogens (tertiary/aromatic N) is 4. The maximum Gasteiger partial charge on any atom is 0.328 e. The molecule has 2 aromatic heterocycles. The first-order valence-corrected chi connectivity index (χ1v) is 8.88. The third-order valence-electron chi connectivity index (χ3n) is 4.30. The Hall–Kier alpha value is -2.30. The first kappa shape index (κ1) is 17.5. The van der Waals surface area contributed by atoms with E-state index < -0.39 is 0 Å². The van der Waals surface area contributed by atoms with Gasteiger partial charge in [-0.05, 0) is 29.0 Å². The molecule has 3 rings (SSSR count). The fourth-order valence-corrected chi connectivity index (χ4v) is 3.20. The van der Waals surface area contributed by atoms with E-state index in [1.54, 1.807) is 4.57 Å². The Morgan fingerprint density at radius 2 is 1.84 bits per heavy atom. The second-order valence-electron chi connectivity index (χ2n) is 8.54. The van der Waals surface area contributed by atoms with Crippen LogP contribution in [0.3, 0.4) is 0 Å². The Kier molecular flexibility index (Phi) is 4.35. The Balaban J connectivity index is 2.05. The SMILES string of the molecule is CC(C)Cn1cc(-c2ccc3c(c2)n(C)c(=O)n3CC(C)(C)C)cn1. The van der Waals surface area contributed by atoms with Crippen LogP contribution in [0.15, 0.2) is 35.4 Å². The lowest BCUT2D eigenvalue weighted by atomic mass is 9.97. The van der Waals surface area contributed by atoms with Gasteiger partial charge in [0.1, 0.15) is 0 Å². The largest absolute Gasteiger partial charge is 0.328 e. The van der Waals surface area contributed by atoms with Crippen LogP contribution in [0.2, 0.25) is 0 Å². The highest BCUT2D eigenvalue weighted by molar-refractivity contribution is 5.82. The molecule has 0 atom stereocenters. The molecule has 0 amide bonds. The van der Waals surface area contributed by atoms with Gasteiger partial charge in [-0.25, -0.2) is 4.79 Å². The maximum atomic E-state index is 12.6. The van der Waals surface area contributed by atoms with E-state index in [-0.39, 0.29) is 11.1 Å². The van der Waals surface area contributed by atoms with Gasteiger partial charge >= 0.3 is 5.69 Å². The third-order valence-corrected chi connectivity index (χ3v) is 4.30. The zero-order chi connectivity index (χ0) is 18.4. The van der Waals surface area contributed by atoms with Crippen LogP contribution in [0.5, 0.6) is 0 Å². The van der Waals surface area contributed by atoms with Gasteiger partial charge in [-0.1, -0.05) is 40.7 Å². The Morgan fingerprint density at radius 3 is 2.48 bits per heavy atom. The van der Waals surface area contributed by atoms with Crippen molar-refractivity contribution in [3.63, 3.8) is 0 Å². The summed E-state index contributed by atoms with van der Waals surface area (Å²) in [4.78, 5) is 12.6. The predicted molar refractivity (Wildman–Crippen MR) is 103 cm³/mol. The van der Waals surface area contributed by atoms with E-state index in [1.165, 1.54) is 0 Å². The summed E-state index contributed by atoms with van der Waals surface area (Å²) in [5, 5.41) is 4.45. The highest BCUT2D eigenvalue weighted by Gasteiger charge is 2.18. The van der Waals surface area contributed by atoms with E-state index in [1.807, 2.05) is 22.5 Å². The van der Waals surface area contributed by atoms with Crippen LogP contribution < -0.4 is 5.69 Å². The highest BCUT2D eigenvalue weighted by Crippen LogP contribution is 2.25. The lowest BCUT2D eigenvalue weighted by molar-refractivity contribution is 0.342. The van der Waals surface area contributed by atoms with Gasteiger partial charge in [0.2, 0.25) is 0 Å². The van der Waals surface area contributed by atoms with Crippen molar-refractivity contribution in [1.29, 1.82) is 0 Å². The van der Waals surface area contributed by atoms with Crippen LogP contribution in [-0.4, -0.2) is 18.9 Å². The number of aromatic nitrogens is 4. The monoisotopic (exact) mass is 340 g/mol. The molecular weight excluding hydrogens is 312 g/mol. The molecule has 1 aromatic carbocycles. The summed E-state index contributed by atoms with van der Waals surface area (Å²) in [5.74, 6) is 0.558. The number of hydrogen-bond donors (Lipinski definition) is 0. The molecule has 25 heavy (non-hydrogen) atoms. The van der Waals surface area contributed by atoms with Gasteiger partial charge < -0.3 is 0 Å². The molecule has 0 radical (unpaired) electrons. The smallest absolute Gasteiger partial charge is 0.295 e. The minimum absolute atomic E-state index is 0.0394. The lowest BCUT2D eigenvalue weighted by Gasteiger charge is -2.18. The molecule has 0 saturated heterocycles. The van der Waals surface area contributed by atoms with Gasteiger partial charge in [-0.3, -0.25) is 13.8 Å². The highest BCUT2D eigenvalue weighted by atomic mass is 16.1. The van der Waals surface area contributed by atoms with Gasteiger partial charge in [0, 0.05) is 31.9 Å². The second kappa shape index (κ2) is 6.21. The van der Waals surface area contributed by atoms with E-state index in [0.717, 1.165) is 28.7 Å². The van der Waals surface area contributed by atoms with Crippen molar-refractivity contribution >= 4 is 11.0 Å². The van der Waals surface area contributed by atoms with Gasteiger partial charge in [0.05, 0.1) is 17.2 Å². The third kappa shape index (κ3) is 3.55. The minimum Gasteiger partial charge on any atom is -0.295 e. The van der Waals surface area contributed by atoms with Crippen molar-refractivity contribution in [2.45, 2.75) is 47.7 Å². The van der Waals surface area contributed by atoms with Crippen LogP contribution in [0, 0.1) is 11.3 Å². The number of imidazole rings is 1. The summed E-state index contributed by atoms with van der Waals surface area (Å²) < 4.78 is 5.60. The molecule has 0 spiro atoms. The molecular formula is C20H28N4O. The molecule has 0 aliphatic carbocycles. The summed E-state index contributed by atoms with van der Waals surface area (Å²) in [6.45, 7) is 12.4. The Bertz CT molecular complexity index is 950. The first-order valence-electron chi connectivity index (χ1n) is 8.88. The second-order valence-corrected chi connectivity index (χ2v) is 8.54. The quantitative estimate of drug-likeness (QED) is 0.723. The summed E-state index contributed by atoms with van der Waals surface area (Å²) in [7, 11) is 1.84. The molecule has 0 saturated carbocycles. The Morgan fingerprint density at radius 1 is 1.12 bits per heavy atom. The first-order chi connectivity index (χ1) is 11.7. The molecule has 0 unspecified atom stereocenters. The zero-order valence-corrected chi connectivity index (χ0v) is 16.1. The van der Waals surface area contributed by atoms with E-state index in [9.17, 15) is 4.79 Å². The van der Waals surface area contributed by atoms with Crippen molar-refractivity contribution in [3.8, 4) is 11.1 Å². The van der Waals surface area contributed by atoms with Crippen LogP contribution in [0.25, 0.3) is 22.2 Å². The van der Waals surface area contributed by atoms with Crippen LogP contribution in [0.4, 0.5) is 0 Å².